The van der Waals surface area contributed by atoms with Crippen LogP contribution >= 0.6 is 24.4 Å². The lowest BCUT2D eigenvalue weighted by atomic mass is 10.2. The highest BCUT2D eigenvalue weighted by Crippen LogP contribution is 2.31. The maximum Gasteiger partial charge on any atom is 0.0856 e. The van der Waals surface area contributed by atoms with E-state index >= 15 is 0 Å². The molecule has 0 aliphatic carbocycles. The Morgan fingerprint density at radius 2 is 2.00 bits per heavy atom. The Morgan fingerprint density at radius 3 is 2.58 bits per heavy atom. The summed E-state index contributed by atoms with van der Waals surface area (Å²) in [4.78, 5) is 0. The fraction of sp³-hybridized carbons (Fsp3) is 0.333. The molecule has 1 nitrogen and oxygen atoms in total. The summed E-state index contributed by atoms with van der Waals surface area (Å²) in [7, 11) is 0. The lowest BCUT2D eigenvalue weighted by Gasteiger charge is -2.07. The summed E-state index contributed by atoms with van der Waals surface area (Å²) >= 11 is 6.82. The van der Waals surface area contributed by atoms with Crippen LogP contribution in [0.25, 0.3) is 0 Å². The van der Waals surface area contributed by atoms with Crippen molar-refractivity contribution >= 4 is 24.4 Å². The summed E-state index contributed by atoms with van der Waals surface area (Å²) in [6.45, 7) is 0.199. The summed E-state index contributed by atoms with van der Waals surface area (Å²) in [5.74, 6) is 0.711. The Morgan fingerprint density at radius 1 is 1.33 bits per heavy atom. The fourth-order valence-electron chi connectivity index (χ4n) is 0.866. The van der Waals surface area contributed by atoms with Crippen LogP contribution in [-0.4, -0.2) is 17.5 Å². The van der Waals surface area contributed by atoms with E-state index in [0.717, 1.165) is 5.56 Å². The summed E-state index contributed by atoms with van der Waals surface area (Å²) in [5.41, 5.74) is 1.14. The van der Waals surface area contributed by atoms with E-state index in [9.17, 15) is 0 Å². The molecule has 0 fully saturated rings. The molecule has 3 heteroatoms. The van der Waals surface area contributed by atoms with Gasteiger partial charge in [-0.2, -0.15) is 0 Å². The second kappa shape index (κ2) is 5.51. The van der Waals surface area contributed by atoms with Crippen molar-refractivity contribution in [3.63, 3.8) is 0 Å². The minimum atomic E-state index is 0.0679. The SMILES string of the molecule is OCCSC([S])c1ccccc1. The maximum absolute atomic E-state index is 8.59. The molecule has 1 atom stereocenters. The van der Waals surface area contributed by atoms with E-state index in [-0.39, 0.29) is 11.2 Å². The van der Waals surface area contributed by atoms with Gasteiger partial charge in [0.05, 0.1) is 11.2 Å². The van der Waals surface area contributed by atoms with Gasteiger partial charge in [0.2, 0.25) is 0 Å². The molecule has 0 heterocycles. The first kappa shape index (κ1) is 9.96. The van der Waals surface area contributed by atoms with E-state index in [2.05, 4.69) is 0 Å². The van der Waals surface area contributed by atoms with Gasteiger partial charge in [-0.15, -0.1) is 11.8 Å². The lowest BCUT2D eigenvalue weighted by molar-refractivity contribution is 0.322. The molecular weight excluding hydrogens is 188 g/mol. The third-order valence-corrected chi connectivity index (χ3v) is 3.11. The fourth-order valence-corrected chi connectivity index (χ4v) is 1.98. The number of aliphatic hydroxyl groups is 1. The normalized spacial score (nSPS) is 12.8. The molecule has 1 aromatic rings. The van der Waals surface area contributed by atoms with Crippen molar-refractivity contribution in [1.29, 1.82) is 0 Å². The molecule has 0 saturated heterocycles. The molecule has 0 amide bonds. The number of benzene rings is 1. The zero-order chi connectivity index (χ0) is 8.81. The number of aliphatic hydroxyl groups excluding tert-OH is 1. The van der Waals surface area contributed by atoms with Crippen LogP contribution in [0.3, 0.4) is 0 Å². The second-order valence-corrected chi connectivity index (χ2v) is 4.32. The van der Waals surface area contributed by atoms with Crippen LogP contribution < -0.4 is 0 Å². The number of thioether (sulfide) groups is 1. The van der Waals surface area contributed by atoms with Crippen LogP contribution in [0.5, 0.6) is 0 Å². The van der Waals surface area contributed by atoms with Gasteiger partial charge >= 0.3 is 0 Å². The minimum absolute atomic E-state index is 0.0679. The van der Waals surface area contributed by atoms with E-state index in [1.807, 2.05) is 30.3 Å². The Balaban J connectivity index is 2.48. The van der Waals surface area contributed by atoms with Gasteiger partial charge < -0.3 is 5.11 Å². The Labute approximate surface area is 82.6 Å². The Bertz CT molecular complexity index is 213. The second-order valence-electron chi connectivity index (χ2n) is 2.34. The monoisotopic (exact) mass is 199 g/mol. The van der Waals surface area contributed by atoms with Crippen LogP contribution in [0.2, 0.25) is 0 Å². The summed E-state index contributed by atoms with van der Waals surface area (Å²) in [6.07, 6.45) is 0. The lowest BCUT2D eigenvalue weighted by Crippen LogP contribution is -1.90. The van der Waals surface area contributed by atoms with E-state index in [1.165, 1.54) is 0 Å². The van der Waals surface area contributed by atoms with Gasteiger partial charge in [-0.05, 0) is 5.56 Å². The highest BCUT2D eigenvalue weighted by molar-refractivity contribution is 8.09. The van der Waals surface area contributed by atoms with Crippen molar-refractivity contribution in [2.24, 2.45) is 0 Å². The molecule has 0 aliphatic heterocycles. The molecule has 0 bridgehead atoms. The van der Waals surface area contributed by atoms with Crippen molar-refractivity contribution in [3.8, 4) is 0 Å². The van der Waals surface area contributed by atoms with Gasteiger partial charge in [0, 0.05) is 5.75 Å². The molecule has 0 aliphatic rings. The molecule has 1 radical (unpaired) electrons. The van der Waals surface area contributed by atoms with Crippen molar-refractivity contribution < 1.29 is 5.11 Å². The van der Waals surface area contributed by atoms with Crippen molar-refractivity contribution in [2.75, 3.05) is 12.4 Å². The number of rotatable bonds is 4. The molecule has 0 saturated carbocycles. The van der Waals surface area contributed by atoms with E-state index in [1.54, 1.807) is 11.8 Å². The van der Waals surface area contributed by atoms with Gasteiger partial charge in [-0.25, -0.2) is 0 Å². The molecule has 1 rings (SSSR count). The molecule has 1 unspecified atom stereocenters. The van der Waals surface area contributed by atoms with Gasteiger partial charge in [0.1, 0.15) is 0 Å². The van der Waals surface area contributed by atoms with Crippen LogP contribution in [-0.2, 0) is 0 Å². The Kier molecular flexibility index (Phi) is 4.58. The van der Waals surface area contributed by atoms with Gasteiger partial charge in [0.15, 0.2) is 0 Å². The third kappa shape index (κ3) is 3.09. The highest BCUT2D eigenvalue weighted by Gasteiger charge is 2.05. The largest absolute Gasteiger partial charge is 0.396 e. The minimum Gasteiger partial charge on any atom is -0.396 e. The predicted octanol–water partition coefficient (Wildman–Crippen LogP) is 2.61. The summed E-state index contributed by atoms with van der Waals surface area (Å²) in [6, 6.07) is 9.97. The zero-order valence-corrected chi connectivity index (χ0v) is 8.28. The smallest absolute Gasteiger partial charge is 0.0856 e. The first-order chi connectivity index (χ1) is 5.84. The van der Waals surface area contributed by atoms with Crippen molar-refractivity contribution in [1.82, 2.24) is 0 Å². The van der Waals surface area contributed by atoms with Gasteiger partial charge in [0.25, 0.3) is 0 Å². The number of hydrogen-bond donors (Lipinski definition) is 1. The average molecular weight is 199 g/mol. The van der Waals surface area contributed by atoms with Crippen molar-refractivity contribution in [2.45, 2.75) is 4.58 Å². The summed E-state index contributed by atoms with van der Waals surface area (Å²) in [5, 5.41) is 8.59. The Hall–Kier alpha value is -0.120. The zero-order valence-electron chi connectivity index (χ0n) is 6.64. The van der Waals surface area contributed by atoms with Gasteiger partial charge in [-0.3, -0.25) is 0 Å². The topological polar surface area (TPSA) is 20.2 Å². The standard InChI is InChI=1S/C9H11OS2/c10-6-7-12-9(11)8-4-2-1-3-5-8/h1-5,9-10H,6-7H2. The average Bonchev–Trinajstić information content (AvgIpc) is 2.15. The van der Waals surface area contributed by atoms with E-state index in [0.29, 0.717) is 5.75 Å². The first-order valence-corrected chi connectivity index (χ1v) is 5.30. The molecular formula is C9H11OS2. The predicted molar refractivity (Wildman–Crippen MR) is 56.3 cm³/mol. The van der Waals surface area contributed by atoms with Crippen molar-refractivity contribution in [3.05, 3.63) is 35.9 Å². The molecule has 0 spiro atoms. The first-order valence-electron chi connectivity index (χ1n) is 3.78. The van der Waals surface area contributed by atoms with Gasteiger partial charge in [-0.1, -0.05) is 43.0 Å². The van der Waals surface area contributed by atoms with Crippen LogP contribution in [0.15, 0.2) is 30.3 Å². The quantitative estimate of drug-likeness (QED) is 0.804. The third-order valence-electron chi connectivity index (χ3n) is 1.43. The van der Waals surface area contributed by atoms with Crippen LogP contribution in [0, 0.1) is 0 Å². The molecule has 12 heavy (non-hydrogen) atoms. The molecule has 65 valence electrons. The molecule has 1 aromatic carbocycles. The number of hydrogen-bond acceptors (Lipinski definition) is 2. The van der Waals surface area contributed by atoms with Crippen LogP contribution in [0.1, 0.15) is 10.1 Å². The maximum atomic E-state index is 8.59. The van der Waals surface area contributed by atoms with E-state index < -0.39 is 0 Å². The molecule has 1 N–H and O–H groups in total. The summed E-state index contributed by atoms with van der Waals surface area (Å²) < 4.78 is 0.0679. The molecule has 0 aromatic heterocycles. The highest BCUT2D eigenvalue weighted by atomic mass is 32.2. The van der Waals surface area contributed by atoms with Crippen LogP contribution in [0.4, 0.5) is 0 Å². The van der Waals surface area contributed by atoms with E-state index in [4.69, 9.17) is 17.7 Å².